The van der Waals surface area contributed by atoms with Crippen LogP contribution < -0.4 is 0 Å². The smallest absolute Gasteiger partial charge is 0.338 e. The second-order valence-corrected chi connectivity index (χ2v) is 7.49. The van der Waals surface area contributed by atoms with Gasteiger partial charge in [-0.15, -0.1) is 0 Å². The van der Waals surface area contributed by atoms with Gasteiger partial charge in [-0.05, 0) is 48.0 Å². The molecule has 0 spiro atoms. The highest BCUT2D eigenvalue weighted by atomic mass is 19.1. The number of furan rings is 1. The van der Waals surface area contributed by atoms with Crippen molar-refractivity contribution in [3.8, 4) is 0 Å². The highest BCUT2D eigenvalue weighted by molar-refractivity contribution is 6.21. The fourth-order valence-corrected chi connectivity index (χ4v) is 3.44. The van der Waals surface area contributed by atoms with Gasteiger partial charge in [0.15, 0.2) is 6.61 Å². The summed E-state index contributed by atoms with van der Waals surface area (Å²) in [6.07, 6.45) is 1.44. The van der Waals surface area contributed by atoms with E-state index in [9.17, 15) is 23.6 Å². The number of carbonyl (C=O) groups excluding carboxylic acids is 4. The lowest BCUT2D eigenvalue weighted by molar-refractivity contribution is -0.133. The molecule has 168 valence electrons. The van der Waals surface area contributed by atoms with E-state index in [-0.39, 0.29) is 29.8 Å². The van der Waals surface area contributed by atoms with Crippen LogP contribution in [0.2, 0.25) is 0 Å². The normalized spacial score (nSPS) is 12.6. The molecule has 0 atom stereocenters. The molecule has 2 aromatic carbocycles. The van der Waals surface area contributed by atoms with Crippen LogP contribution in [-0.4, -0.2) is 47.1 Å². The number of benzene rings is 2. The van der Waals surface area contributed by atoms with Crippen LogP contribution in [-0.2, 0) is 22.6 Å². The molecule has 0 bridgehead atoms. The zero-order chi connectivity index (χ0) is 23.5. The summed E-state index contributed by atoms with van der Waals surface area (Å²) >= 11 is 0. The summed E-state index contributed by atoms with van der Waals surface area (Å²) in [5.74, 6) is -2.29. The Kier molecular flexibility index (Phi) is 6.03. The molecule has 1 aliphatic rings. The van der Waals surface area contributed by atoms with Crippen molar-refractivity contribution in [1.29, 1.82) is 0 Å². The summed E-state index contributed by atoms with van der Waals surface area (Å²) in [6, 6.07) is 13.2. The monoisotopic (exact) mass is 450 g/mol. The van der Waals surface area contributed by atoms with Crippen LogP contribution in [0.25, 0.3) is 0 Å². The first-order valence-corrected chi connectivity index (χ1v) is 10.0. The van der Waals surface area contributed by atoms with Gasteiger partial charge in [-0.1, -0.05) is 12.1 Å². The van der Waals surface area contributed by atoms with E-state index in [0.717, 1.165) is 4.90 Å². The molecule has 9 heteroatoms. The third kappa shape index (κ3) is 4.67. The number of amides is 3. The quantitative estimate of drug-likeness (QED) is 0.406. The summed E-state index contributed by atoms with van der Waals surface area (Å²) in [4.78, 5) is 52.3. The van der Waals surface area contributed by atoms with Crippen molar-refractivity contribution in [2.24, 2.45) is 0 Å². The number of ether oxygens (including phenoxy) is 1. The molecule has 1 aromatic heterocycles. The molecule has 0 fully saturated rings. The molecule has 0 aliphatic carbocycles. The summed E-state index contributed by atoms with van der Waals surface area (Å²) in [6.45, 7) is -0.403. The minimum atomic E-state index is -0.810. The fourth-order valence-electron chi connectivity index (χ4n) is 3.44. The molecule has 8 nitrogen and oxygen atoms in total. The van der Waals surface area contributed by atoms with Crippen molar-refractivity contribution < 1.29 is 32.7 Å². The number of likely N-dealkylation sites (N-methyl/N-ethyl adjacent to an activating group) is 1. The summed E-state index contributed by atoms with van der Waals surface area (Å²) in [5, 5.41) is 0. The Balaban J connectivity index is 1.38. The molecular formula is C24H19FN2O6. The molecule has 3 amide bonds. The van der Waals surface area contributed by atoms with Crippen molar-refractivity contribution >= 4 is 23.7 Å². The molecule has 1 aliphatic heterocycles. The SMILES string of the molecule is CN(Cc1cccc(F)c1)C(=O)COC(=O)c1ccc2c(c1)C(=O)N(Cc1ccco1)C2=O. The van der Waals surface area contributed by atoms with Crippen molar-refractivity contribution in [3.63, 3.8) is 0 Å². The topological polar surface area (TPSA) is 97.1 Å². The first-order chi connectivity index (χ1) is 15.8. The van der Waals surface area contributed by atoms with E-state index in [1.807, 2.05) is 0 Å². The number of halogens is 1. The molecule has 0 N–H and O–H groups in total. The second-order valence-electron chi connectivity index (χ2n) is 7.49. The van der Waals surface area contributed by atoms with E-state index in [2.05, 4.69) is 0 Å². The lowest BCUT2D eigenvalue weighted by atomic mass is 10.1. The van der Waals surface area contributed by atoms with E-state index < -0.39 is 36.1 Å². The summed E-state index contributed by atoms with van der Waals surface area (Å²) < 4.78 is 23.6. The van der Waals surface area contributed by atoms with E-state index in [4.69, 9.17) is 9.15 Å². The Morgan fingerprint density at radius 3 is 2.55 bits per heavy atom. The van der Waals surface area contributed by atoms with Gasteiger partial charge in [0.25, 0.3) is 17.7 Å². The molecule has 0 saturated heterocycles. The number of carbonyl (C=O) groups is 4. The van der Waals surface area contributed by atoms with Crippen LogP contribution in [0, 0.1) is 5.82 Å². The zero-order valence-electron chi connectivity index (χ0n) is 17.6. The number of hydrogen-bond donors (Lipinski definition) is 0. The molecule has 3 aromatic rings. The third-order valence-corrected chi connectivity index (χ3v) is 5.16. The maximum atomic E-state index is 13.3. The molecule has 0 unspecified atom stereocenters. The number of hydrogen-bond acceptors (Lipinski definition) is 6. The van der Waals surface area contributed by atoms with Crippen molar-refractivity contribution in [2.75, 3.05) is 13.7 Å². The summed E-state index contributed by atoms with van der Waals surface area (Å²) in [5.41, 5.74) is 0.887. The average molecular weight is 450 g/mol. The highest BCUT2D eigenvalue weighted by Crippen LogP contribution is 2.26. The molecule has 0 saturated carbocycles. The molecular weight excluding hydrogens is 431 g/mol. The Labute approximate surface area is 188 Å². The van der Waals surface area contributed by atoms with Crippen molar-refractivity contribution in [1.82, 2.24) is 9.80 Å². The van der Waals surface area contributed by atoms with Gasteiger partial charge in [0.1, 0.15) is 11.6 Å². The zero-order valence-corrected chi connectivity index (χ0v) is 17.6. The maximum Gasteiger partial charge on any atom is 0.338 e. The second kappa shape index (κ2) is 9.07. The third-order valence-electron chi connectivity index (χ3n) is 5.16. The standard InChI is InChI=1S/C24H19FN2O6/c1-26(12-15-4-2-5-17(25)10-15)21(28)14-33-24(31)16-7-8-19-20(11-16)23(30)27(22(19)29)13-18-6-3-9-32-18/h2-11H,12-14H2,1H3. The number of esters is 1. The van der Waals surface area contributed by atoms with Crippen molar-refractivity contribution in [2.45, 2.75) is 13.1 Å². The van der Waals surface area contributed by atoms with Crippen molar-refractivity contribution in [3.05, 3.63) is 94.7 Å². The first-order valence-electron chi connectivity index (χ1n) is 10.0. The van der Waals surface area contributed by atoms with Gasteiger partial charge in [0, 0.05) is 13.6 Å². The predicted molar refractivity (Wildman–Crippen MR) is 113 cm³/mol. The van der Waals surface area contributed by atoms with E-state index in [1.54, 1.807) is 24.3 Å². The van der Waals surface area contributed by atoms with Crippen LogP contribution in [0.15, 0.2) is 65.3 Å². The van der Waals surface area contributed by atoms with Crippen LogP contribution in [0.4, 0.5) is 4.39 Å². The van der Waals surface area contributed by atoms with Crippen LogP contribution >= 0.6 is 0 Å². The molecule has 0 radical (unpaired) electrons. The van der Waals surface area contributed by atoms with Gasteiger partial charge in [-0.3, -0.25) is 19.3 Å². The number of rotatable bonds is 7. The average Bonchev–Trinajstić information content (AvgIpc) is 3.40. The molecule has 33 heavy (non-hydrogen) atoms. The minimum absolute atomic E-state index is 0.0225. The Morgan fingerprint density at radius 1 is 1.03 bits per heavy atom. The Hall–Kier alpha value is -4.27. The van der Waals surface area contributed by atoms with Gasteiger partial charge in [-0.25, -0.2) is 9.18 Å². The lowest BCUT2D eigenvalue weighted by Gasteiger charge is -2.17. The summed E-state index contributed by atoms with van der Waals surface area (Å²) in [7, 11) is 1.51. The minimum Gasteiger partial charge on any atom is -0.467 e. The Bertz CT molecular complexity index is 1240. The van der Waals surface area contributed by atoms with Gasteiger partial charge >= 0.3 is 5.97 Å². The first kappa shape index (κ1) is 21.9. The molecule has 4 rings (SSSR count). The number of nitrogens with zero attached hydrogens (tertiary/aromatic N) is 2. The van der Waals surface area contributed by atoms with Crippen LogP contribution in [0.3, 0.4) is 0 Å². The lowest BCUT2D eigenvalue weighted by Crippen LogP contribution is -2.30. The van der Waals surface area contributed by atoms with Crippen LogP contribution in [0.1, 0.15) is 42.4 Å². The van der Waals surface area contributed by atoms with Gasteiger partial charge in [0.05, 0.1) is 29.5 Å². The van der Waals surface area contributed by atoms with Crippen LogP contribution in [0.5, 0.6) is 0 Å². The van der Waals surface area contributed by atoms with E-state index >= 15 is 0 Å². The number of imide groups is 1. The van der Waals surface area contributed by atoms with Gasteiger partial charge in [-0.2, -0.15) is 0 Å². The maximum absolute atomic E-state index is 13.3. The molecule has 2 heterocycles. The Morgan fingerprint density at radius 2 is 1.82 bits per heavy atom. The fraction of sp³-hybridized carbons (Fsp3) is 0.167. The number of fused-ring (bicyclic) bond motifs is 1. The predicted octanol–water partition coefficient (Wildman–Crippen LogP) is 3.03. The largest absolute Gasteiger partial charge is 0.467 e. The van der Waals surface area contributed by atoms with Gasteiger partial charge < -0.3 is 14.1 Å². The highest BCUT2D eigenvalue weighted by Gasteiger charge is 2.36. The van der Waals surface area contributed by atoms with E-state index in [1.165, 1.54) is 48.5 Å². The van der Waals surface area contributed by atoms with E-state index in [0.29, 0.717) is 11.3 Å². The van der Waals surface area contributed by atoms with Gasteiger partial charge in [0.2, 0.25) is 0 Å².